The first kappa shape index (κ1) is 22.1. The Morgan fingerprint density at radius 2 is 1.66 bits per heavy atom. The lowest BCUT2D eigenvalue weighted by atomic mass is 10.1. The number of ether oxygens (including phenoxy) is 1. The topological polar surface area (TPSA) is 58.6 Å². The molecule has 1 aliphatic rings. The van der Waals surface area contributed by atoms with Crippen molar-refractivity contribution in [3.05, 3.63) is 70.7 Å². The number of benzene rings is 2. The number of halogens is 1. The van der Waals surface area contributed by atoms with Gasteiger partial charge in [0.1, 0.15) is 5.75 Å². The van der Waals surface area contributed by atoms with E-state index >= 15 is 0 Å². The molecule has 1 fully saturated rings. The molecule has 3 aromatic rings. The van der Waals surface area contributed by atoms with Gasteiger partial charge >= 0.3 is 0 Å². The van der Waals surface area contributed by atoms with E-state index in [1.54, 1.807) is 0 Å². The number of hydrogen-bond donors (Lipinski definition) is 0. The molecule has 1 amide bonds. The van der Waals surface area contributed by atoms with E-state index < -0.39 is 6.10 Å². The second kappa shape index (κ2) is 9.57. The normalized spacial score (nSPS) is 14.9. The Kier molecular flexibility index (Phi) is 6.61. The van der Waals surface area contributed by atoms with Crippen LogP contribution in [0.15, 0.2) is 54.6 Å². The molecule has 32 heavy (non-hydrogen) atoms. The third-order valence-corrected chi connectivity index (χ3v) is 5.90. The summed E-state index contributed by atoms with van der Waals surface area (Å²) in [6, 6.07) is 17.5. The molecule has 1 saturated heterocycles. The Labute approximate surface area is 193 Å². The van der Waals surface area contributed by atoms with E-state index in [-0.39, 0.29) is 5.91 Å². The molecule has 0 radical (unpaired) electrons. The molecule has 0 spiro atoms. The molecule has 1 unspecified atom stereocenters. The van der Waals surface area contributed by atoms with Crippen LogP contribution < -0.4 is 9.64 Å². The number of carbonyl (C=O) groups is 1. The minimum atomic E-state index is -0.530. The van der Waals surface area contributed by atoms with Crippen molar-refractivity contribution in [1.29, 1.82) is 0 Å². The van der Waals surface area contributed by atoms with Gasteiger partial charge in [-0.2, -0.15) is 0 Å². The number of carbonyl (C=O) groups excluding carboxylic acids is 1. The molecule has 1 aromatic heterocycles. The quantitative estimate of drug-likeness (QED) is 0.571. The maximum atomic E-state index is 12.9. The highest BCUT2D eigenvalue weighted by molar-refractivity contribution is 6.33. The van der Waals surface area contributed by atoms with Crippen LogP contribution in [-0.2, 0) is 4.79 Å². The van der Waals surface area contributed by atoms with E-state index in [4.69, 9.17) is 16.3 Å². The van der Waals surface area contributed by atoms with Gasteiger partial charge < -0.3 is 14.5 Å². The fraction of sp³-hybridized carbons (Fsp3) is 0.320. The monoisotopic (exact) mass is 450 g/mol. The molecule has 0 bridgehead atoms. The lowest BCUT2D eigenvalue weighted by Gasteiger charge is -2.36. The van der Waals surface area contributed by atoms with Crippen LogP contribution in [0.2, 0.25) is 5.02 Å². The van der Waals surface area contributed by atoms with Gasteiger partial charge in [-0.1, -0.05) is 35.9 Å². The van der Waals surface area contributed by atoms with Crippen LogP contribution in [0.5, 0.6) is 5.75 Å². The number of aryl methyl sites for hydroxylation is 2. The van der Waals surface area contributed by atoms with Gasteiger partial charge in [0.05, 0.1) is 10.7 Å². The van der Waals surface area contributed by atoms with E-state index in [0.29, 0.717) is 31.2 Å². The predicted octanol–water partition coefficient (Wildman–Crippen LogP) is 4.53. The Morgan fingerprint density at radius 1 is 0.969 bits per heavy atom. The summed E-state index contributed by atoms with van der Waals surface area (Å²) in [7, 11) is 0. The second-order valence-electron chi connectivity index (χ2n) is 8.15. The molecule has 2 aromatic carbocycles. The molecule has 0 saturated carbocycles. The minimum absolute atomic E-state index is 0.00367. The van der Waals surface area contributed by atoms with Crippen molar-refractivity contribution in [3.63, 3.8) is 0 Å². The van der Waals surface area contributed by atoms with Crippen LogP contribution in [0.4, 0.5) is 5.82 Å². The van der Waals surface area contributed by atoms with Crippen LogP contribution in [0.25, 0.3) is 11.3 Å². The lowest BCUT2D eigenvalue weighted by Crippen LogP contribution is -2.52. The number of anilines is 1. The van der Waals surface area contributed by atoms with E-state index in [1.807, 2.05) is 74.2 Å². The molecule has 0 N–H and O–H groups in total. The van der Waals surface area contributed by atoms with E-state index in [1.165, 1.54) is 0 Å². The van der Waals surface area contributed by atoms with Crippen LogP contribution in [-0.4, -0.2) is 53.3 Å². The summed E-state index contributed by atoms with van der Waals surface area (Å²) in [6.07, 6.45) is -0.530. The molecule has 4 rings (SSSR count). The summed E-state index contributed by atoms with van der Waals surface area (Å²) in [4.78, 5) is 16.9. The van der Waals surface area contributed by atoms with Crippen LogP contribution >= 0.6 is 11.6 Å². The van der Waals surface area contributed by atoms with Crippen molar-refractivity contribution in [2.45, 2.75) is 26.9 Å². The van der Waals surface area contributed by atoms with Crippen molar-refractivity contribution < 1.29 is 9.53 Å². The highest BCUT2D eigenvalue weighted by Gasteiger charge is 2.27. The van der Waals surface area contributed by atoms with Gasteiger partial charge in [-0.05, 0) is 62.2 Å². The summed E-state index contributed by atoms with van der Waals surface area (Å²) in [5.41, 5.74) is 3.84. The molecule has 0 aliphatic carbocycles. The van der Waals surface area contributed by atoms with E-state index in [0.717, 1.165) is 34.0 Å². The molecule has 1 atom stereocenters. The lowest BCUT2D eigenvalue weighted by molar-refractivity contribution is -0.138. The van der Waals surface area contributed by atoms with Gasteiger partial charge in [-0.25, -0.2) is 0 Å². The van der Waals surface area contributed by atoms with Crippen molar-refractivity contribution in [2.24, 2.45) is 0 Å². The number of rotatable bonds is 5. The molecule has 2 heterocycles. The van der Waals surface area contributed by atoms with Gasteiger partial charge in [0.25, 0.3) is 5.91 Å². The summed E-state index contributed by atoms with van der Waals surface area (Å²) < 4.78 is 5.93. The van der Waals surface area contributed by atoms with Crippen molar-refractivity contribution in [2.75, 3.05) is 31.1 Å². The Balaban J connectivity index is 1.34. The van der Waals surface area contributed by atoms with Gasteiger partial charge in [-0.15, -0.1) is 10.2 Å². The van der Waals surface area contributed by atoms with Crippen molar-refractivity contribution in [1.82, 2.24) is 15.1 Å². The summed E-state index contributed by atoms with van der Waals surface area (Å²) in [5, 5.41) is 9.39. The fourth-order valence-electron chi connectivity index (χ4n) is 3.97. The highest BCUT2D eigenvalue weighted by Crippen LogP contribution is 2.26. The van der Waals surface area contributed by atoms with Gasteiger partial charge in [0, 0.05) is 31.7 Å². The van der Waals surface area contributed by atoms with Crippen LogP contribution in [0.1, 0.15) is 18.1 Å². The first-order valence-corrected chi connectivity index (χ1v) is 11.2. The maximum Gasteiger partial charge on any atom is 0.263 e. The first-order valence-electron chi connectivity index (χ1n) is 10.8. The van der Waals surface area contributed by atoms with Gasteiger partial charge in [0.2, 0.25) is 0 Å². The van der Waals surface area contributed by atoms with Crippen molar-refractivity contribution in [3.8, 4) is 17.0 Å². The van der Waals surface area contributed by atoms with E-state index in [9.17, 15) is 4.79 Å². The highest BCUT2D eigenvalue weighted by atomic mass is 35.5. The average Bonchev–Trinajstić information content (AvgIpc) is 2.78. The predicted molar refractivity (Wildman–Crippen MR) is 127 cm³/mol. The standard InChI is InChI=1S/C25H27ClN4O2/c1-17-14-18(2)16-20(15-17)32-19(3)25(31)30-12-10-29(11-13-30)24-9-8-23(27-28-24)21-6-4-5-7-22(21)26/h4-9,14-16,19H,10-13H2,1-3H3. The fourth-order valence-corrected chi connectivity index (χ4v) is 4.21. The SMILES string of the molecule is Cc1cc(C)cc(OC(C)C(=O)N2CCN(c3ccc(-c4ccccc4Cl)nn3)CC2)c1. The zero-order chi connectivity index (χ0) is 22.7. The summed E-state index contributed by atoms with van der Waals surface area (Å²) in [6.45, 7) is 8.49. The van der Waals surface area contributed by atoms with Crippen molar-refractivity contribution >= 4 is 23.3 Å². The Hall–Kier alpha value is -3.12. The Morgan fingerprint density at radius 3 is 2.28 bits per heavy atom. The summed E-state index contributed by atoms with van der Waals surface area (Å²) >= 11 is 6.26. The second-order valence-corrected chi connectivity index (χ2v) is 8.56. The number of piperazine rings is 1. The number of aromatic nitrogens is 2. The molecular formula is C25H27ClN4O2. The average molecular weight is 451 g/mol. The number of nitrogens with zero attached hydrogens (tertiary/aromatic N) is 4. The van der Waals surface area contributed by atoms with Crippen LogP contribution in [0, 0.1) is 13.8 Å². The largest absolute Gasteiger partial charge is 0.481 e. The number of hydrogen-bond acceptors (Lipinski definition) is 5. The smallest absolute Gasteiger partial charge is 0.263 e. The summed E-state index contributed by atoms with van der Waals surface area (Å²) in [5.74, 6) is 1.53. The first-order chi connectivity index (χ1) is 15.4. The molecular weight excluding hydrogens is 424 g/mol. The molecule has 166 valence electrons. The Bertz CT molecular complexity index is 1080. The minimum Gasteiger partial charge on any atom is -0.481 e. The molecule has 1 aliphatic heterocycles. The van der Waals surface area contributed by atoms with Crippen LogP contribution in [0.3, 0.4) is 0 Å². The molecule has 6 nitrogen and oxygen atoms in total. The van der Waals surface area contributed by atoms with E-state index in [2.05, 4.69) is 21.2 Å². The van der Waals surface area contributed by atoms with Gasteiger partial charge in [-0.3, -0.25) is 4.79 Å². The maximum absolute atomic E-state index is 12.9. The number of amides is 1. The third-order valence-electron chi connectivity index (χ3n) is 5.57. The molecule has 7 heteroatoms. The zero-order valence-electron chi connectivity index (χ0n) is 18.6. The third kappa shape index (κ3) is 5.02. The zero-order valence-corrected chi connectivity index (χ0v) is 19.3. The van der Waals surface area contributed by atoms with Gasteiger partial charge in [0.15, 0.2) is 11.9 Å².